The topological polar surface area (TPSA) is 35.2 Å². The molecule has 0 bridgehead atoms. The molecule has 0 aromatic heterocycles. The van der Waals surface area contributed by atoms with Crippen molar-refractivity contribution in [2.75, 3.05) is 13.2 Å². The van der Waals surface area contributed by atoms with Gasteiger partial charge in [0.25, 0.3) is 0 Å². The summed E-state index contributed by atoms with van der Waals surface area (Å²) in [4.78, 5) is 0. The van der Waals surface area contributed by atoms with Gasteiger partial charge < -0.3 is 10.5 Å². The predicted molar refractivity (Wildman–Crippen MR) is 76.2 cm³/mol. The lowest BCUT2D eigenvalue weighted by molar-refractivity contribution is -0.0590. The Hall–Kier alpha value is -0.0800. The summed E-state index contributed by atoms with van der Waals surface area (Å²) in [5.74, 6) is 0.554. The minimum Gasteiger partial charge on any atom is -0.374 e. The van der Waals surface area contributed by atoms with Crippen LogP contribution in [0.25, 0.3) is 0 Å². The molecule has 104 valence electrons. The second-order valence-electron chi connectivity index (χ2n) is 5.41. The van der Waals surface area contributed by atoms with Crippen LogP contribution in [0.2, 0.25) is 0 Å². The summed E-state index contributed by atoms with van der Waals surface area (Å²) < 4.78 is 5.81. The number of hydrogen-bond donors (Lipinski definition) is 1. The van der Waals surface area contributed by atoms with E-state index in [4.69, 9.17) is 10.5 Å². The highest BCUT2D eigenvalue weighted by Gasteiger charge is 2.29. The van der Waals surface area contributed by atoms with Crippen molar-refractivity contribution in [2.45, 2.75) is 78.2 Å². The van der Waals surface area contributed by atoms with Gasteiger partial charge in [0.1, 0.15) is 0 Å². The molecule has 0 aliphatic carbocycles. The molecule has 0 fully saturated rings. The molecule has 0 saturated carbocycles. The number of nitrogens with two attached hydrogens (primary N) is 1. The van der Waals surface area contributed by atoms with Gasteiger partial charge in [0.05, 0.1) is 5.60 Å². The van der Waals surface area contributed by atoms with Crippen LogP contribution in [0.15, 0.2) is 0 Å². The van der Waals surface area contributed by atoms with Gasteiger partial charge in [0, 0.05) is 13.2 Å². The van der Waals surface area contributed by atoms with Crippen LogP contribution >= 0.6 is 0 Å². The lowest BCUT2D eigenvalue weighted by atomic mass is 9.86. The van der Waals surface area contributed by atoms with Crippen LogP contribution in [0.4, 0.5) is 0 Å². The van der Waals surface area contributed by atoms with Gasteiger partial charge in [0.15, 0.2) is 0 Å². The predicted octanol–water partition coefficient (Wildman–Crippen LogP) is 4.13. The molecule has 0 aromatic rings. The van der Waals surface area contributed by atoms with Crippen molar-refractivity contribution >= 4 is 0 Å². The van der Waals surface area contributed by atoms with Gasteiger partial charge in [-0.25, -0.2) is 0 Å². The Morgan fingerprint density at radius 3 is 2.18 bits per heavy atom. The molecule has 2 heteroatoms. The molecule has 0 spiro atoms. The van der Waals surface area contributed by atoms with Crippen LogP contribution in [0.5, 0.6) is 0 Å². The summed E-state index contributed by atoms with van der Waals surface area (Å²) >= 11 is 0. The molecule has 2 N–H and O–H groups in total. The highest BCUT2D eigenvalue weighted by molar-refractivity contribution is 4.82. The standard InChI is InChI=1S/C15H33NO/c1-5-7-8-9-10-11-12-14(3)15(4,13-16)17-6-2/h14H,5-13,16H2,1-4H3. The minimum atomic E-state index is -0.127. The van der Waals surface area contributed by atoms with Gasteiger partial charge in [-0.05, 0) is 26.2 Å². The summed E-state index contributed by atoms with van der Waals surface area (Å²) in [6.45, 7) is 10.1. The highest BCUT2D eigenvalue weighted by atomic mass is 16.5. The van der Waals surface area contributed by atoms with Crippen molar-refractivity contribution in [3.05, 3.63) is 0 Å². The first-order valence-corrected chi connectivity index (χ1v) is 7.44. The lowest BCUT2D eigenvalue weighted by Crippen LogP contribution is -2.43. The van der Waals surface area contributed by atoms with E-state index < -0.39 is 0 Å². The van der Waals surface area contributed by atoms with E-state index in [9.17, 15) is 0 Å². The average Bonchev–Trinajstić information content (AvgIpc) is 2.33. The zero-order valence-corrected chi connectivity index (χ0v) is 12.4. The maximum Gasteiger partial charge on any atom is 0.0801 e. The van der Waals surface area contributed by atoms with Crippen molar-refractivity contribution in [3.63, 3.8) is 0 Å². The first-order valence-electron chi connectivity index (χ1n) is 7.44. The van der Waals surface area contributed by atoms with Gasteiger partial charge in [-0.15, -0.1) is 0 Å². The third-order valence-electron chi connectivity index (χ3n) is 3.91. The molecule has 0 aromatic carbocycles. The Labute approximate surface area is 108 Å². The van der Waals surface area contributed by atoms with Crippen LogP contribution in [0.3, 0.4) is 0 Å². The molecular weight excluding hydrogens is 210 g/mol. The Balaban J connectivity index is 3.71. The van der Waals surface area contributed by atoms with Crippen LogP contribution in [0.1, 0.15) is 72.6 Å². The fraction of sp³-hybridized carbons (Fsp3) is 1.00. The maximum absolute atomic E-state index is 5.84. The molecule has 0 aliphatic heterocycles. The van der Waals surface area contributed by atoms with E-state index in [-0.39, 0.29) is 5.60 Å². The highest BCUT2D eigenvalue weighted by Crippen LogP contribution is 2.25. The van der Waals surface area contributed by atoms with E-state index in [0.29, 0.717) is 12.5 Å². The molecule has 0 heterocycles. The fourth-order valence-corrected chi connectivity index (χ4v) is 2.27. The zero-order chi connectivity index (χ0) is 13.1. The summed E-state index contributed by atoms with van der Waals surface area (Å²) in [5.41, 5.74) is 5.71. The van der Waals surface area contributed by atoms with Crippen LogP contribution in [0, 0.1) is 5.92 Å². The molecule has 17 heavy (non-hydrogen) atoms. The SMILES string of the molecule is CCCCCCCCC(C)C(C)(CN)OCC. The van der Waals surface area contributed by atoms with Gasteiger partial charge in [-0.3, -0.25) is 0 Å². The van der Waals surface area contributed by atoms with Gasteiger partial charge in [0.2, 0.25) is 0 Å². The number of rotatable bonds is 11. The molecule has 0 saturated heterocycles. The second-order valence-corrected chi connectivity index (χ2v) is 5.41. The average molecular weight is 243 g/mol. The fourth-order valence-electron chi connectivity index (χ4n) is 2.27. The summed E-state index contributed by atoms with van der Waals surface area (Å²) in [7, 11) is 0. The monoisotopic (exact) mass is 243 g/mol. The molecule has 2 atom stereocenters. The lowest BCUT2D eigenvalue weighted by Gasteiger charge is -2.34. The Kier molecular flexibility index (Phi) is 9.85. The minimum absolute atomic E-state index is 0.127. The van der Waals surface area contributed by atoms with E-state index in [1.54, 1.807) is 0 Å². The van der Waals surface area contributed by atoms with E-state index in [2.05, 4.69) is 20.8 Å². The van der Waals surface area contributed by atoms with Crippen molar-refractivity contribution in [2.24, 2.45) is 11.7 Å². The number of unbranched alkanes of at least 4 members (excludes halogenated alkanes) is 5. The molecule has 0 radical (unpaired) electrons. The molecule has 2 nitrogen and oxygen atoms in total. The summed E-state index contributed by atoms with van der Waals surface area (Å²) in [6, 6.07) is 0. The Morgan fingerprint density at radius 1 is 1.06 bits per heavy atom. The van der Waals surface area contributed by atoms with Crippen LogP contribution in [-0.4, -0.2) is 18.8 Å². The van der Waals surface area contributed by atoms with Crippen molar-refractivity contribution < 1.29 is 4.74 Å². The summed E-state index contributed by atoms with van der Waals surface area (Å²) in [6.07, 6.45) is 9.39. The third kappa shape index (κ3) is 7.05. The molecule has 0 rings (SSSR count). The third-order valence-corrected chi connectivity index (χ3v) is 3.91. The largest absolute Gasteiger partial charge is 0.374 e. The molecule has 0 aliphatic rings. The smallest absolute Gasteiger partial charge is 0.0801 e. The first-order chi connectivity index (χ1) is 8.10. The van der Waals surface area contributed by atoms with Crippen molar-refractivity contribution in [3.8, 4) is 0 Å². The van der Waals surface area contributed by atoms with Gasteiger partial charge in [-0.2, -0.15) is 0 Å². The van der Waals surface area contributed by atoms with Crippen LogP contribution < -0.4 is 5.73 Å². The van der Waals surface area contributed by atoms with Crippen LogP contribution in [-0.2, 0) is 4.74 Å². The normalized spacial score (nSPS) is 16.8. The molecule has 0 amide bonds. The number of ether oxygens (including phenoxy) is 1. The van der Waals surface area contributed by atoms with E-state index in [0.717, 1.165) is 6.61 Å². The van der Waals surface area contributed by atoms with E-state index in [1.165, 1.54) is 44.9 Å². The van der Waals surface area contributed by atoms with Crippen molar-refractivity contribution in [1.29, 1.82) is 0 Å². The van der Waals surface area contributed by atoms with Gasteiger partial charge >= 0.3 is 0 Å². The van der Waals surface area contributed by atoms with E-state index >= 15 is 0 Å². The first kappa shape index (κ1) is 16.9. The van der Waals surface area contributed by atoms with Gasteiger partial charge in [-0.1, -0.05) is 52.4 Å². The molecular formula is C15H33NO. The summed E-state index contributed by atoms with van der Waals surface area (Å²) in [5, 5.41) is 0. The maximum atomic E-state index is 5.84. The quantitative estimate of drug-likeness (QED) is 0.554. The Bertz CT molecular complexity index is 172. The zero-order valence-electron chi connectivity index (χ0n) is 12.4. The second kappa shape index (κ2) is 9.90. The Morgan fingerprint density at radius 2 is 1.65 bits per heavy atom. The number of hydrogen-bond acceptors (Lipinski definition) is 2. The van der Waals surface area contributed by atoms with E-state index in [1.807, 2.05) is 6.92 Å². The van der Waals surface area contributed by atoms with Crippen molar-refractivity contribution in [1.82, 2.24) is 0 Å². The molecule has 2 unspecified atom stereocenters.